The van der Waals surface area contributed by atoms with Gasteiger partial charge < -0.3 is 14.7 Å². The fourth-order valence-corrected chi connectivity index (χ4v) is 4.28. The van der Waals surface area contributed by atoms with Crippen molar-refractivity contribution in [1.29, 1.82) is 0 Å². The lowest BCUT2D eigenvalue weighted by molar-refractivity contribution is -0.143. The molecule has 27 heavy (non-hydrogen) atoms. The number of likely N-dealkylation sites (tertiary alicyclic amines) is 2. The van der Waals surface area contributed by atoms with Gasteiger partial charge in [-0.15, -0.1) is 0 Å². The molecular weight excluding hydrogens is 344 g/mol. The first kappa shape index (κ1) is 19.8. The Kier molecular flexibility index (Phi) is 6.46. The van der Waals surface area contributed by atoms with Crippen molar-refractivity contribution in [3.63, 3.8) is 0 Å². The third-order valence-electron chi connectivity index (χ3n) is 5.82. The van der Waals surface area contributed by atoms with E-state index < -0.39 is 0 Å². The molecule has 1 atom stereocenters. The maximum absolute atomic E-state index is 12.7. The summed E-state index contributed by atoms with van der Waals surface area (Å²) in [6.45, 7) is 4.81. The normalized spacial score (nSPS) is 23.4. The topological polar surface area (TPSA) is 74.6 Å². The van der Waals surface area contributed by atoms with Crippen LogP contribution in [0.2, 0.25) is 0 Å². The van der Waals surface area contributed by atoms with Crippen molar-refractivity contribution in [3.05, 3.63) is 12.7 Å². The molecule has 0 aromatic carbocycles. The second-order valence-electron chi connectivity index (χ2n) is 8.30. The zero-order chi connectivity index (χ0) is 19.3. The van der Waals surface area contributed by atoms with Gasteiger partial charge in [-0.05, 0) is 39.8 Å². The number of aryl methyl sites for hydroxylation is 1. The smallest absolute Gasteiger partial charge is 0.222 e. The van der Waals surface area contributed by atoms with Crippen molar-refractivity contribution >= 4 is 11.8 Å². The average Bonchev–Trinajstić information content (AvgIpc) is 3.16. The van der Waals surface area contributed by atoms with Gasteiger partial charge in [0, 0.05) is 57.5 Å². The Morgan fingerprint density at radius 1 is 1.26 bits per heavy atom. The lowest BCUT2D eigenvalue weighted by atomic mass is 9.73. The number of rotatable bonds is 7. The molecule has 0 saturated carbocycles. The second kappa shape index (κ2) is 8.82. The predicted octanol–water partition coefficient (Wildman–Crippen LogP) is 0.851. The minimum absolute atomic E-state index is 0.0834. The van der Waals surface area contributed by atoms with Gasteiger partial charge in [0.05, 0.1) is 0 Å². The fourth-order valence-electron chi connectivity index (χ4n) is 4.28. The van der Waals surface area contributed by atoms with Crippen LogP contribution in [0.4, 0.5) is 0 Å². The second-order valence-corrected chi connectivity index (χ2v) is 8.30. The molecule has 0 N–H and O–H groups in total. The van der Waals surface area contributed by atoms with E-state index in [-0.39, 0.29) is 17.2 Å². The minimum atomic E-state index is 0.0834. The highest BCUT2D eigenvalue weighted by Gasteiger charge is 2.42. The number of aromatic nitrogens is 3. The predicted molar refractivity (Wildman–Crippen MR) is 102 cm³/mol. The molecule has 0 radical (unpaired) electrons. The number of hydrogen-bond acceptors (Lipinski definition) is 5. The summed E-state index contributed by atoms with van der Waals surface area (Å²) in [6, 6.07) is 0. The Bertz CT molecular complexity index is 632. The van der Waals surface area contributed by atoms with Crippen LogP contribution in [-0.2, 0) is 16.1 Å². The molecule has 1 aromatic heterocycles. The number of likely N-dealkylation sites (N-methyl/N-ethyl adjacent to an activating group) is 1. The van der Waals surface area contributed by atoms with E-state index in [9.17, 15) is 9.59 Å². The van der Waals surface area contributed by atoms with E-state index in [0.29, 0.717) is 12.8 Å². The van der Waals surface area contributed by atoms with Gasteiger partial charge in [-0.1, -0.05) is 0 Å². The summed E-state index contributed by atoms with van der Waals surface area (Å²) in [6.07, 6.45) is 8.18. The lowest BCUT2D eigenvalue weighted by Crippen LogP contribution is -2.55. The molecule has 2 aliphatic heterocycles. The Morgan fingerprint density at radius 3 is 2.85 bits per heavy atom. The van der Waals surface area contributed by atoms with Gasteiger partial charge in [0.25, 0.3) is 0 Å². The van der Waals surface area contributed by atoms with Crippen LogP contribution in [0.5, 0.6) is 0 Å². The highest BCUT2D eigenvalue weighted by molar-refractivity contribution is 5.78. The zero-order valence-corrected chi connectivity index (χ0v) is 16.6. The summed E-state index contributed by atoms with van der Waals surface area (Å²) in [7, 11) is 4.06. The molecule has 0 unspecified atom stereocenters. The van der Waals surface area contributed by atoms with Crippen LogP contribution in [-0.4, -0.2) is 88.1 Å². The van der Waals surface area contributed by atoms with Gasteiger partial charge in [-0.25, -0.2) is 4.98 Å². The lowest BCUT2D eigenvalue weighted by Gasteiger charge is -2.48. The van der Waals surface area contributed by atoms with Crippen LogP contribution in [0, 0.1) is 5.41 Å². The molecule has 8 heteroatoms. The molecule has 2 aliphatic rings. The van der Waals surface area contributed by atoms with E-state index in [1.54, 1.807) is 11.0 Å². The van der Waals surface area contributed by atoms with Crippen LogP contribution in [0.25, 0.3) is 0 Å². The van der Waals surface area contributed by atoms with E-state index >= 15 is 0 Å². The summed E-state index contributed by atoms with van der Waals surface area (Å²) in [4.78, 5) is 35.1. The van der Waals surface area contributed by atoms with Crippen LogP contribution in [0.3, 0.4) is 0 Å². The highest BCUT2D eigenvalue weighted by atomic mass is 16.2. The number of carbonyl (C=O) groups is 2. The molecule has 150 valence electrons. The maximum atomic E-state index is 12.7. The van der Waals surface area contributed by atoms with E-state index in [4.69, 9.17) is 0 Å². The van der Waals surface area contributed by atoms with Crippen LogP contribution < -0.4 is 0 Å². The van der Waals surface area contributed by atoms with Gasteiger partial charge in [-0.2, -0.15) is 5.10 Å². The first-order valence-corrected chi connectivity index (χ1v) is 10.0. The number of hydrogen-bond donors (Lipinski definition) is 0. The molecule has 2 fully saturated rings. The summed E-state index contributed by atoms with van der Waals surface area (Å²) in [5.74, 6) is 0.490. The molecule has 1 spiro atoms. The van der Waals surface area contributed by atoms with Gasteiger partial charge in [0.15, 0.2) is 0 Å². The van der Waals surface area contributed by atoms with Gasteiger partial charge >= 0.3 is 0 Å². The first-order valence-electron chi connectivity index (χ1n) is 10.0. The van der Waals surface area contributed by atoms with Crippen LogP contribution in [0.1, 0.15) is 38.5 Å². The molecule has 8 nitrogen and oxygen atoms in total. The van der Waals surface area contributed by atoms with E-state index in [1.807, 2.05) is 23.9 Å². The average molecular weight is 377 g/mol. The van der Waals surface area contributed by atoms with Crippen molar-refractivity contribution in [2.24, 2.45) is 5.41 Å². The Hall–Kier alpha value is -1.96. The first-order chi connectivity index (χ1) is 13.0. The number of piperidine rings is 2. The standard InChI is InChI=1S/C19H32N6O2/c1-22(2)11-12-24-14-19(8-6-18(24)27)7-4-9-23(13-19)17(26)5-3-10-25-16-20-15-21-25/h15-16H,3-14H2,1-2H3/t19-/m0/s1. The Morgan fingerprint density at radius 2 is 2.11 bits per heavy atom. The van der Waals surface area contributed by atoms with Gasteiger partial charge in [0.1, 0.15) is 12.7 Å². The molecule has 2 saturated heterocycles. The van der Waals surface area contributed by atoms with Crippen LogP contribution >= 0.6 is 0 Å². The molecule has 0 bridgehead atoms. The molecule has 2 amide bonds. The fraction of sp³-hybridized carbons (Fsp3) is 0.789. The van der Waals surface area contributed by atoms with Gasteiger partial charge in [-0.3, -0.25) is 14.3 Å². The minimum Gasteiger partial charge on any atom is -0.342 e. The highest BCUT2D eigenvalue weighted by Crippen LogP contribution is 2.39. The summed E-state index contributed by atoms with van der Waals surface area (Å²) >= 11 is 0. The van der Waals surface area contributed by atoms with Crippen molar-refractivity contribution in [1.82, 2.24) is 29.5 Å². The summed E-state index contributed by atoms with van der Waals surface area (Å²) in [5.41, 5.74) is 0.0834. The van der Waals surface area contributed by atoms with E-state index in [2.05, 4.69) is 15.0 Å². The molecule has 3 rings (SSSR count). The van der Waals surface area contributed by atoms with Gasteiger partial charge in [0.2, 0.25) is 11.8 Å². The molecule has 1 aromatic rings. The molecular formula is C19H32N6O2. The quantitative estimate of drug-likeness (QED) is 0.705. The summed E-state index contributed by atoms with van der Waals surface area (Å²) in [5, 5.41) is 4.08. The van der Waals surface area contributed by atoms with E-state index in [0.717, 1.165) is 65.0 Å². The zero-order valence-electron chi connectivity index (χ0n) is 16.6. The maximum Gasteiger partial charge on any atom is 0.222 e. The number of amides is 2. The van der Waals surface area contributed by atoms with Crippen LogP contribution in [0.15, 0.2) is 12.7 Å². The van der Waals surface area contributed by atoms with E-state index in [1.165, 1.54) is 6.33 Å². The largest absolute Gasteiger partial charge is 0.342 e. The molecule has 0 aliphatic carbocycles. The van der Waals surface area contributed by atoms with Crippen molar-refractivity contribution < 1.29 is 9.59 Å². The summed E-state index contributed by atoms with van der Waals surface area (Å²) < 4.78 is 1.76. The Labute approximate surface area is 161 Å². The van der Waals surface area contributed by atoms with Crippen molar-refractivity contribution in [2.75, 3.05) is 46.8 Å². The monoisotopic (exact) mass is 376 g/mol. The van der Waals surface area contributed by atoms with Crippen molar-refractivity contribution in [3.8, 4) is 0 Å². The molecule has 3 heterocycles. The third-order valence-corrected chi connectivity index (χ3v) is 5.82. The number of nitrogens with zero attached hydrogens (tertiary/aromatic N) is 6. The third kappa shape index (κ3) is 5.28. The van der Waals surface area contributed by atoms with Crippen molar-refractivity contribution in [2.45, 2.75) is 45.1 Å². The SMILES string of the molecule is CN(C)CCN1C[C@@]2(CCCN(C(=O)CCCn3cncn3)C2)CCC1=O. The Balaban J connectivity index is 1.52. The number of carbonyl (C=O) groups excluding carboxylic acids is 2.